The molecule has 3 aromatic rings. The summed E-state index contributed by atoms with van der Waals surface area (Å²) in [6.07, 6.45) is 3.64. The lowest BCUT2D eigenvalue weighted by Crippen LogP contribution is -2.13. The largest absolute Gasteiger partial charge is 0.277 e. The van der Waals surface area contributed by atoms with E-state index in [4.69, 9.17) is 11.6 Å². The van der Waals surface area contributed by atoms with Crippen molar-refractivity contribution in [1.29, 1.82) is 0 Å². The third-order valence-corrected chi connectivity index (χ3v) is 3.55. The Kier molecular flexibility index (Phi) is 2.74. The average molecular weight is 277 g/mol. The van der Waals surface area contributed by atoms with Gasteiger partial charge in [-0.1, -0.05) is 11.6 Å². The molecule has 3 aromatic heterocycles. The van der Waals surface area contributed by atoms with E-state index in [1.807, 2.05) is 42.1 Å². The molecule has 0 saturated heterocycles. The number of fused-ring (bicyclic) bond motifs is 1. The van der Waals surface area contributed by atoms with Gasteiger partial charge in [0.2, 0.25) is 0 Å². The minimum Gasteiger partial charge on any atom is -0.277 e. The molecule has 1 atom stereocenters. The van der Waals surface area contributed by atoms with Crippen LogP contribution in [0.25, 0.3) is 5.65 Å². The van der Waals surface area contributed by atoms with Crippen LogP contribution in [0.15, 0.2) is 18.5 Å². The van der Waals surface area contributed by atoms with Crippen LogP contribution in [-0.2, 0) is 0 Å². The van der Waals surface area contributed by atoms with Gasteiger partial charge in [0.25, 0.3) is 0 Å². The highest BCUT2D eigenvalue weighted by atomic mass is 35.5. The van der Waals surface area contributed by atoms with Crippen LogP contribution < -0.4 is 0 Å². The molecule has 0 aliphatic carbocycles. The smallest absolute Gasteiger partial charge is 0.198 e. The SMILES string of the molecule is Cc1nc(Cl)c2nnc(C(C)n3cccn3)n2c1C. The van der Waals surface area contributed by atoms with Crippen molar-refractivity contribution in [3.05, 3.63) is 40.8 Å². The van der Waals surface area contributed by atoms with Gasteiger partial charge in [0, 0.05) is 18.1 Å². The Bertz CT molecular complexity index is 730. The second-order valence-electron chi connectivity index (χ2n) is 4.45. The molecule has 0 amide bonds. The third-order valence-electron chi connectivity index (χ3n) is 3.29. The van der Waals surface area contributed by atoms with E-state index in [2.05, 4.69) is 20.3 Å². The molecule has 7 heteroatoms. The summed E-state index contributed by atoms with van der Waals surface area (Å²) >= 11 is 6.12. The first-order chi connectivity index (χ1) is 9.09. The Morgan fingerprint density at radius 2 is 2.05 bits per heavy atom. The summed E-state index contributed by atoms with van der Waals surface area (Å²) in [5.41, 5.74) is 2.43. The van der Waals surface area contributed by atoms with Crippen LogP contribution in [0.3, 0.4) is 0 Å². The van der Waals surface area contributed by atoms with Gasteiger partial charge in [-0.3, -0.25) is 9.08 Å². The van der Waals surface area contributed by atoms with Gasteiger partial charge in [-0.15, -0.1) is 10.2 Å². The minimum atomic E-state index is -0.0263. The van der Waals surface area contributed by atoms with Crippen LogP contribution in [0.1, 0.15) is 30.2 Å². The fourth-order valence-electron chi connectivity index (χ4n) is 2.10. The van der Waals surface area contributed by atoms with E-state index in [9.17, 15) is 0 Å². The molecule has 0 radical (unpaired) electrons. The highest BCUT2D eigenvalue weighted by Gasteiger charge is 2.19. The first kappa shape index (κ1) is 12.1. The van der Waals surface area contributed by atoms with Gasteiger partial charge in [-0.05, 0) is 26.8 Å². The van der Waals surface area contributed by atoms with Crippen LogP contribution >= 0.6 is 11.6 Å². The number of hydrogen-bond acceptors (Lipinski definition) is 4. The van der Waals surface area contributed by atoms with Gasteiger partial charge < -0.3 is 0 Å². The second-order valence-corrected chi connectivity index (χ2v) is 4.81. The van der Waals surface area contributed by atoms with Gasteiger partial charge in [-0.25, -0.2) is 4.98 Å². The molecule has 3 rings (SSSR count). The lowest BCUT2D eigenvalue weighted by Gasteiger charge is -2.12. The standard InChI is InChI=1S/C12H13ClN6/c1-7-8(2)19-11(9(3)18-6-4-5-14-18)16-17-12(19)10(13)15-7/h4-6,9H,1-3H3. The van der Waals surface area contributed by atoms with Crippen LogP contribution in [0.2, 0.25) is 5.15 Å². The van der Waals surface area contributed by atoms with Gasteiger partial charge >= 0.3 is 0 Å². The molecule has 3 heterocycles. The van der Waals surface area contributed by atoms with Crippen LogP contribution in [0, 0.1) is 13.8 Å². The maximum absolute atomic E-state index is 6.12. The summed E-state index contributed by atoms with van der Waals surface area (Å²) in [4.78, 5) is 4.26. The minimum absolute atomic E-state index is 0.0263. The summed E-state index contributed by atoms with van der Waals surface area (Å²) in [5.74, 6) is 0.795. The summed E-state index contributed by atoms with van der Waals surface area (Å²) in [6.45, 7) is 5.92. The van der Waals surface area contributed by atoms with E-state index < -0.39 is 0 Å². The summed E-state index contributed by atoms with van der Waals surface area (Å²) in [5, 5.41) is 13.0. The Hall–Kier alpha value is -1.95. The maximum Gasteiger partial charge on any atom is 0.198 e. The highest BCUT2D eigenvalue weighted by molar-refractivity contribution is 6.32. The third kappa shape index (κ3) is 1.79. The van der Waals surface area contributed by atoms with E-state index in [-0.39, 0.29) is 6.04 Å². The lowest BCUT2D eigenvalue weighted by molar-refractivity contribution is 0.530. The molecule has 0 fully saturated rings. The van der Waals surface area contributed by atoms with Crippen molar-refractivity contribution < 1.29 is 0 Å². The van der Waals surface area contributed by atoms with Crippen molar-refractivity contribution in [2.75, 3.05) is 0 Å². The van der Waals surface area contributed by atoms with E-state index in [0.29, 0.717) is 10.8 Å². The number of nitrogens with zero attached hydrogens (tertiary/aromatic N) is 6. The van der Waals surface area contributed by atoms with Gasteiger partial charge in [0.05, 0.1) is 5.69 Å². The first-order valence-electron chi connectivity index (χ1n) is 5.96. The van der Waals surface area contributed by atoms with Gasteiger partial charge in [0.1, 0.15) is 6.04 Å². The zero-order chi connectivity index (χ0) is 13.6. The molecule has 6 nitrogen and oxygen atoms in total. The topological polar surface area (TPSA) is 60.9 Å². The van der Waals surface area contributed by atoms with Gasteiger partial charge in [0.15, 0.2) is 16.6 Å². The molecule has 1 unspecified atom stereocenters. The predicted molar refractivity (Wildman–Crippen MR) is 71.3 cm³/mol. The molecule has 19 heavy (non-hydrogen) atoms. The fraction of sp³-hybridized carbons (Fsp3) is 0.333. The van der Waals surface area contributed by atoms with Crippen molar-refractivity contribution in [3.63, 3.8) is 0 Å². The van der Waals surface area contributed by atoms with Crippen molar-refractivity contribution >= 4 is 17.2 Å². The van der Waals surface area contributed by atoms with Crippen LogP contribution in [0.5, 0.6) is 0 Å². The van der Waals surface area contributed by atoms with Crippen molar-refractivity contribution in [3.8, 4) is 0 Å². The van der Waals surface area contributed by atoms with Crippen LogP contribution in [-0.4, -0.2) is 29.4 Å². The molecule has 98 valence electrons. The molecule has 0 spiro atoms. The number of rotatable bonds is 2. The summed E-state index contributed by atoms with van der Waals surface area (Å²) < 4.78 is 3.77. The number of aryl methyl sites for hydroxylation is 2. The predicted octanol–water partition coefficient (Wildman–Crippen LogP) is 2.20. The highest BCUT2D eigenvalue weighted by Crippen LogP contribution is 2.22. The van der Waals surface area contributed by atoms with Crippen molar-refractivity contribution in [1.82, 2.24) is 29.4 Å². The molecule has 0 aromatic carbocycles. The van der Waals surface area contributed by atoms with Crippen molar-refractivity contribution in [2.24, 2.45) is 0 Å². The molecular weight excluding hydrogens is 264 g/mol. The Balaban J connectivity index is 2.25. The zero-order valence-corrected chi connectivity index (χ0v) is 11.6. The molecular formula is C12H13ClN6. The van der Waals surface area contributed by atoms with E-state index >= 15 is 0 Å². The summed E-state index contributed by atoms with van der Waals surface area (Å²) in [6, 6.07) is 1.85. The van der Waals surface area contributed by atoms with E-state index in [1.165, 1.54) is 0 Å². The Labute approximate surface area is 115 Å². The quantitative estimate of drug-likeness (QED) is 0.720. The zero-order valence-electron chi connectivity index (χ0n) is 10.9. The van der Waals surface area contributed by atoms with E-state index in [0.717, 1.165) is 17.2 Å². The average Bonchev–Trinajstić information content (AvgIpc) is 3.04. The Morgan fingerprint density at radius 3 is 2.74 bits per heavy atom. The first-order valence-corrected chi connectivity index (χ1v) is 6.34. The number of halogens is 1. The molecule has 0 bridgehead atoms. The van der Waals surface area contributed by atoms with Gasteiger partial charge in [-0.2, -0.15) is 5.10 Å². The Morgan fingerprint density at radius 1 is 1.26 bits per heavy atom. The maximum atomic E-state index is 6.12. The summed E-state index contributed by atoms with van der Waals surface area (Å²) in [7, 11) is 0. The fourth-order valence-corrected chi connectivity index (χ4v) is 2.35. The molecule has 0 aliphatic heterocycles. The van der Waals surface area contributed by atoms with E-state index in [1.54, 1.807) is 6.20 Å². The normalized spacial score (nSPS) is 13.1. The molecule has 0 aliphatic rings. The monoisotopic (exact) mass is 276 g/mol. The number of aromatic nitrogens is 6. The van der Waals surface area contributed by atoms with Crippen LogP contribution in [0.4, 0.5) is 0 Å². The molecule has 0 N–H and O–H groups in total. The lowest BCUT2D eigenvalue weighted by atomic mass is 10.3. The number of hydrogen-bond donors (Lipinski definition) is 0. The van der Waals surface area contributed by atoms with Crippen molar-refractivity contribution in [2.45, 2.75) is 26.8 Å². The second kappa shape index (κ2) is 4.31. The molecule has 0 saturated carbocycles.